The summed E-state index contributed by atoms with van der Waals surface area (Å²) in [6.45, 7) is 3.83. The number of halogens is 1. The van der Waals surface area contributed by atoms with Crippen LogP contribution in [0, 0.1) is 0 Å². The molecule has 0 fully saturated rings. The SMILES string of the molecule is CC(C)(CC(N)=O)Nc1nc2cc(Cl)ccc2s1. The van der Waals surface area contributed by atoms with Gasteiger partial charge in [-0.05, 0) is 32.0 Å². The number of hydrogen-bond donors (Lipinski definition) is 2. The molecular formula is C12H14ClN3OS. The van der Waals surface area contributed by atoms with Gasteiger partial charge in [-0.25, -0.2) is 4.98 Å². The van der Waals surface area contributed by atoms with E-state index in [1.54, 1.807) is 0 Å². The first-order valence-corrected chi connectivity index (χ1v) is 6.68. The van der Waals surface area contributed by atoms with Crippen LogP contribution in [0.1, 0.15) is 20.3 Å². The molecule has 0 saturated carbocycles. The van der Waals surface area contributed by atoms with Crippen LogP contribution >= 0.6 is 22.9 Å². The van der Waals surface area contributed by atoms with Crippen molar-refractivity contribution in [2.45, 2.75) is 25.8 Å². The molecule has 6 heteroatoms. The van der Waals surface area contributed by atoms with Gasteiger partial charge in [0.05, 0.1) is 10.2 Å². The fourth-order valence-corrected chi connectivity index (χ4v) is 2.91. The summed E-state index contributed by atoms with van der Waals surface area (Å²) in [5.41, 5.74) is 5.65. The zero-order chi connectivity index (χ0) is 13.3. The smallest absolute Gasteiger partial charge is 0.219 e. The average Bonchev–Trinajstić information content (AvgIpc) is 2.55. The second-order valence-electron chi connectivity index (χ2n) is 4.78. The second-order valence-corrected chi connectivity index (χ2v) is 6.25. The van der Waals surface area contributed by atoms with Crippen LogP contribution in [0.3, 0.4) is 0 Å². The minimum Gasteiger partial charge on any atom is -0.370 e. The van der Waals surface area contributed by atoms with E-state index in [1.807, 2.05) is 32.0 Å². The van der Waals surface area contributed by atoms with E-state index in [0.717, 1.165) is 15.3 Å². The number of fused-ring (bicyclic) bond motifs is 1. The molecule has 18 heavy (non-hydrogen) atoms. The molecule has 0 atom stereocenters. The van der Waals surface area contributed by atoms with Gasteiger partial charge in [0.1, 0.15) is 0 Å². The Morgan fingerprint density at radius 3 is 2.94 bits per heavy atom. The first-order valence-electron chi connectivity index (χ1n) is 5.48. The highest BCUT2D eigenvalue weighted by molar-refractivity contribution is 7.22. The molecule has 1 heterocycles. The van der Waals surface area contributed by atoms with Crippen LogP contribution < -0.4 is 11.1 Å². The van der Waals surface area contributed by atoms with Gasteiger partial charge in [-0.1, -0.05) is 22.9 Å². The van der Waals surface area contributed by atoms with Crippen molar-refractivity contribution in [2.24, 2.45) is 5.73 Å². The van der Waals surface area contributed by atoms with Crippen molar-refractivity contribution in [3.63, 3.8) is 0 Å². The van der Waals surface area contributed by atoms with Crippen LogP contribution in [0.5, 0.6) is 0 Å². The highest BCUT2D eigenvalue weighted by Gasteiger charge is 2.21. The topological polar surface area (TPSA) is 68.0 Å². The number of aromatic nitrogens is 1. The molecule has 0 aliphatic rings. The van der Waals surface area contributed by atoms with Crippen molar-refractivity contribution in [2.75, 3.05) is 5.32 Å². The van der Waals surface area contributed by atoms with Crippen molar-refractivity contribution in [1.82, 2.24) is 4.98 Å². The first kappa shape index (κ1) is 13.1. The number of anilines is 1. The Bertz CT molecular complexity index is 594. The number of rotatable bonds is 4. The van der Waals surface area contributed by atoms with Gasteiger partial charge < -0.3 is 11.1 Å². The highest BCUT2D eigenvalue weighted by atomic mass is 35.5. The Hall–Kier alpha value is -1.33. The van der Waals surface area contributed by atoms with Crippen LogP contribution in [0.15, 0.2) is 18.2 Å². The predicted molar refractivity (Wildman–Crippen MR) is 76.1 cm³/mol. The third-order valence-corrected chi connectivity index (χ3v) is 3.60. The molecule has 1 aromatic carbocycles. The molecule has 2 rings (SSSR count). The molecule has 0 unspecified atom stereocenters. The second kappa shape index (κ2) is 4.74. The maximum absolute atomic E-state index is 11.0. The third kappa shape index (κ3) is 3.11. The summed E-state index contributed by atoms with van der Waals surface area (Å²) >= 11 is 7.44. The Morgan fingerprint density at radius 1 is 1.56 bits per heavy atom. The predicted octanol–water partition coefficient (Wildman–Crippen LogP) is 3.02. The molecule has 2 aromatic rings. The number of nitrogens with one attached hydrogen (secondary N) is 1. The lowest BCUT2D eigenvalue weighted by atomic mass is 10.0. The summed E-state index contributed by atoms with van der Waals surface area (Å²) in [4.78, 5) is 15.4. The summed E-state index contributed by atoms with van der Waals surface area (Å²) < 4.78 is 1.05. The van der Waals surface area contributed by atoms with E-state index >= 15 is 0 Å². The van der Waals surface area contributed by atoms with Crippen molar-refractivity contribution in [3.8, 4) is 0 Å². The Kier molecular flexibility index (Phi) is 3.45. The number of hydrogen-bond acceptors (Lipinski definition) is 4. The zero-order valence-corrected chi connectivity index (χ0v) is 11.7. The van der Waals surface area contributed by atoms with E-state index in [9.17, 15) is 4.79 Å². The van der Waals surface area contributed by atoms with Crippen molar-refractivity contribution in [1.29, 1.82) is 0 Å². The van der Waals surface area contributed by atoms with E-state index in [0.29, 0.717) is 5.02 Å². The van der Waals surface area contributed by atoms with Crippen LogP contribution in [0.2, 0.25) is 5.02 Å². The van der Waals surface area contributed by atoms with Gasteiger partial charge in [-0.3, -0.25) is 4.79 Å². The number of nitrogens with zero attached hydrogens (tertiary/aromatic N) is 1. The van der Waals surface area contributed by atoms with Gasteiger partial charge in [-0.2, -0.15) is 0 Å². The average molecular weight is 284 g/mol. The molecule has 0 spiro atoms. The lowest BCUT2D eigenvalue weighted by Gasteiger charge is -2.24. The maximum Gasteiger partial charge on any atom is 0.219 e. The number of benzene rings is 1. The molecule has 3 N–H and O–H groups in total. The summed E-state index contributed by atoms with van der Waals surface area (Å²) in [7, 11) is 0. The molecule has 1 aromatic heterocycles. The zero-order valence-electron chi connectivity index (χ0n) is 10.2. The van der Waals surface area contributed by atoms with Gasteiger partial charge in [0.25, 0.3) is 0 Å². The standard InChI is InChI=1S/C12H14ClN3OS/c1-12(2,6-10(14)17)16-11-15-8-5-7(13)3-4-9(8)18-11/h3-5H,6H2,1-2H3,(H2,14,17)(H,15,16). The largest absolute Gasteiger partial charge is 0.370 e. The Labute approximate surface area is 114 Å². The van der Waals surface area contributed by atoms with E-state index in [4.69, 9.17) is 17.3 Å². The van der Waals surface area contributed by atoms with Crippen LogP contribution in [0.25, 0.3) is 10.2 Å². The fraction of sp³-hybridized carbons (Fsp3) is 0.333. The van der Waals surface area contributed by atoms with Gasteiger partial charge in [0.15, 0.2) is 5.13 Å². The summed E-state index contributed by atoms with van der Waals surface area (Å²) in [5, 5.41) is 4.65. The lowest BCUT2D eigenvalue weighted by molar-refractivity contribution is -0.118. The number of nitrogens with two attached hydrogens (primary N) is 1. The Morgan fingerprint density at radius 2 is 2.28 bits per heavy atom. The normalized spacial score (nSPS) is 11.7. The van der Waals surface area contributed by atoms with Crippen LogP contribution in [-0.4, -0.2) is 16.4 Å². The van der Waals surface area contributed by atoms with Gasteiger partial charge >= 0.3 is 0 Å². The van der Waals surface area contributed by atoms with E-state index in [-0.39, 0.29) is 12.3 Å². The third-order valence-electron chi connectivity index (χ3n) is 2.41. The van der Waals surface area contributed by atoms with Gasteiger partial charge in [0.2, 0.25) is 5.91 Å². The van der Waals surface area contributed by atoms with Crippen molar-refractivity contribution >= 4 is 44.2 Å². The summed E-state index contributed by atoms with van der Waals surface area (Å²) in [6.07, 6.45) is 0.254. The van der Waals surface area contributed by atoms with Crippen molar-refractivity contribution < 1.29 is 4.79 Å². The number of primary amides is 1. The highest BCUT2D eigenvalue weighted by Crippen LogP contribution is 2.30. The number of carbonyl (C=O) groups excluding carboxylic acids is 1. The molecule has 0 radical (unpaired) electrons. The number of amides is 1. The quantitative estimate of drug-likeness (QED) is 0.906. The monoisotopic (exact) mass is 283 g/mol. The molecular weight excluding hydrogens is 270 g/mol. The molecule has 4 nitrogen and oxygen atoms in total. The summed E-state index contributed by atoms with van der Waals surface area (Å²) in [5.74, 6) is -0.336. The number of carbonyl (C=O) groups is 1. The Balaban J connectivity index is 2.24. The maximum atomic E-state index is 11.0. The van der Waals surface area contributed by atoms with E-state index in [2.05, 4.69) is 10.3 Å². The summed E-state index contributed by atoms with van der Waals surface area (Å²) in [6, 6.07) is 5.58. The minimum absolute atomic E-state index is 0.254. The van der Waals surface area contributed by atoms with Gasteiger partial charge in [-0.15, -0.1) is 0 Å². The molecule has 0 bridgehead atoms. The minimum atomic E-state index is -0.413. The number of thiazole rings is 1. The van der Waals surface area contributed by atoms with Gasteiger partial charge in [0, 0.05) is 17.0 Å². The molecule has 0 saturated heterocycles. The molecule has 0 aliphatic carbocycles. The lowest BCUT2D eigenvalue weighted by Crippen LogP contribution is -2.35. The van der Waals surface area contributed by atoms with Crippen LogP contribution in [0.4, 0.5) is 5.13 Å². The van der Waals surface area contributed by atoms with Crippen molar-refractivity contribution in [3.05, 3.63) is 23.2 Å². The molecule has 96 valence electrons. The van der Waals surface area contributed by atoms with Crippen LogP contribution in [-0.2, 0) is 4.79 Å². The fourth-order valence-electron chi connectivity index (χ4n) is 1.72. The molecule has 1 amide bonds. The molecule has 0 aliphatic heterocycles. The first-order chi connectivity index (χ1) is 8.35. The van der Waals surface area contributed by atoms with E-state index < -0.39 is 5.54 Å². The van der Waals surface area contributed by atoms with E-state index in [1.165, 1.54) is 11.3 Å².